The monoisotopic (exact) mass is 551 g/mol. The molecule has 32 heavy (non-hydrogen) atoms. The minimum absolute atomic E-state index is 0.593. The van der Waals surface area contributed by atoms with Gasteiger partial charge in [-0.05, 0) is 95.7 Å². The molecule has 4 aliphatic rings. The minimum Gasteiger partial charge on any atom is -0.332 e. The first kappa shape index (κ1) is 23.3. The largest absolute Gasteiger partial charge is 0.332 e. The van der Waals surface area contributed by atoms with Crippen LogP contribution < -0.4 is 4.90 Å². The molecular weight excluding hydrogens is 509 g/mol. The van der Waals surface area contributed by atoms with Crippen LogP contribution in [0.3, 0.4) is 0 Å². The third kappa shape index (κ3) is 4.83. The number of halogens is 1. The van der Waals surface area contributed by atoms with Crippen molar-refractivity contribution in [3.05, 3.63) is 18.0 Å². The number of nitrogens with zero attached hydrogens (tertiary/aromatic N) is 5. The lowest BCUT2D eigenvalue weighted by Crippen LogP contribution is -2.56. The predicted molar refractivity (Wildman–Crippen MR) is 141 cm³/mol. The summed E-state index contributed by atoms with van der Waals surface area (Å²) in [6.07, 6.45) is 15.1. The van der Waals surface area contributed by atoms with E-state index in [4.69, 9.17) is 9.97 Å². The lowest BCUT2D eigenvalue weighted by atomic mass is 9.82. The fraction of sp³-hybridized carbons (Fsp3) is 0.846. The van der Waals surface area contributed by atoms with E-state index >= 15 is 0 Å². The number of hydrogen-bond donors (Lipinski definition) is 0. The van der Waals surface area contributed by atoms with Crippen LogP contribution in [-0.4, -0.2) is 74.0 Å². The van der Waals surface area contributed by atoms with Crippen molar-refractivity contribution >= 4 is 28.5 Å². The van der Waals surface area contributed by atoms with Gasteiger partial charge in [-0.25, -0.2) is 9.97 Å². The number of piperazine rings is 1. The van der Waals surface area contributed by atoms with Crippen molar-refractivity contribution in [1.29, 1.82) is 0 Å². The van der Waals surface area contributed by atoms with E-state index in [0.717, 1.165) is 34.9 Å². The first-order valence-corrected chi connectivity index (χ1v) is 14.5. The average Bonchev–Trinajstić information content (AvgIpc) is 3.08. The molecule has 1 aromatic heterocycles. The van der Waals surface area contributed by atoms with Crippen LogP contribution in [0, 0.1) is 5.92 Å². The molecule has 5 rings (SSSR count). The van der Waals surface area contributed by atoms with Crippen LogP contribution in [0.15, 0.2) is 12.4 Å². The van der Waals surface area contributed by atoms with Gasteiger partial charge in [0.1, 0.15) is 0 Å². The molecule has 6 heteroatoms. The molecule has 3 unspecified atom stereocenters. The van der Waals surface area contributed by atoms with Gasteiger partial charge in [-0.15, -0.1) is 0 Å². The first-order valence-electron chi connectivity index (χ1n) is 13.2. The Kier molecular flexibility index (Phi) is 7.29. The molecular formula is C26H42IN5. The molecule has 2 bridgehead atoms. The first-order chi connectivity index (χ1) is 15.5. The van der Waals surface area contributed by atoms with Crippen molar-refractivity contribution in [2.75, 3.05) is 31.1 Å². The summed E-state index contributed by atoms with van der Waals surface area (Å²) in [5.41, 5.74) is 1.36. The minimum atomic E-state index is 0.593. The van der Waals surface area contributed by atoms with Gasteiger partial charge in [0.05, 0.1) is 0 Å². The van der Waals surface area contributed by atoms with Crippen LogP contribution in [-0.2, 0) is 0 Å². The SMILES string of the molecule is CC(I)C1CCC(N2CCC(c3cnc(N4C5CCC4CN(C(C)C)C5)nc3)CC2)CC1. The Morgan fingerprint density at radius 3 is 1.91 bits per heavy atom. The second-order valence-corrected chi connectivity index (χ2v) is 13.2. The van der Waals surface area contributed by atoms with Gasteiger partial charge in [-0.1, -0.05) is 29.5 Å². The van der Waals surface area contributed by atoms with Crippen molar-refractivity contribution in [3.63, 3.8) is 0 Å². The molecule has 0 spiro atoms. The molecule has 0 aromatic carbocycles. The standard InChI is InChI=1S/C26H42IN5/c1-18(2)31-16-24-8-9-25(17-31)32(24)26-28-14-22(15-29-26)21-10-12-30(13-11-21)23-6-4-20(5-7-23)19(3)27/h14-15,18-21,23-25H,4-13,16-17H2,1-3H3. The van der Waals surface area contributed by atoms with Gasteiger partial charge in [-0.3, -0.25) is 4.90 Å². The highest BCUT2D eigenvalue weighted by atomic mass is 127. The zero-order valence-electron chi connectivity index (χ0n) is 20.3. The number of hydrogen-bond acceptors (Lipinski definition) is 5. The van der Waals surface area contributed by atoms with Crippen LogP contribution in [0.25, 0.3) is 0 Å². The lowest BCUT2D eigenvalue weighted by molar-refractivity contribution is 0.108. The summed E-state index contributed by atoms with van der Waals surface area (Å²) in [6, 6.07) is 2.66. The van der Waals surface area contributed by atoms with E-state index in [1.807, 2.05) is 0 Å². The van der Waals surface area contributed by atoms with E-state index in [0.29, 0.717) is 24.0 Å². The van der Waals surface area contributed by atoms with E-state index in [1.54, 1.807) is 0 Å². The Labute approximate surface area is 208 Å². The second-order valence-electron chi connectivity index (χ2n) is 11.2. The van der Waals surface area contributed by atoms with E-state index < -0.39 is 0 Å². The number of fused-ring (bicyclic) bond motifs is 2. The van der Waals surface area contributed by atoms with Crippen LogP contribution in [0.2, 0.25) is 0 Å². The average molecular weight is 552 g/mol. The topological polar surface area (TPSA) is 35.5 Å². The lowest BCUT2D eigenvalue weighted by Gasteiger charge is -2.43. The van der Waals surface area contributed by atoms with Crippen LogP contribution in [0.4, 0.5) is 5.95 Å². The highest BCUT2D eigenvalue weighted by molar-refractivity contribution is 14.1. The number of rotatable bonds is 5. The third-order valence-corrected chi connectivity index (χ3v) is 10.1. The highest BCUT2D eigenvalue weighted by Gasteiger charge is 2.41. The van der Waals surface area contributed by atoms with Gasteiger partial charge in [0.15, 0.2) is 0 Å². The van der Waals surface area contributed by atoms with E-state index in [2.05, 4.69) is 70.5 Å². The fourth-order valence-electron chi connectivity index (χ4n) is 6.88. The fourth-order valence-corrected chi connectivity index (χ4v) is 7.60. The Morgan fingerprint density at radius 2 is 1.38 bits per heavy atom. The van der Waals surface area contributed by atoms with Crippen molar-refractivity contribution in [2.45, 2.75) is 106 Å². The molecule has 1 aliphatic carbocycles. The molecule has 0 N–H and O–H groups in total. The maximum Gasteiger partial charge on any atom is 0.225 e. The number of aromatic nitrogens is 2. The molecule has 0 radical (unpaired) electrons. The summed E-state index contributed by atoms with van der Waals surface area (Å²) in [5, 5.41) is 0. The number of piperidine rings is 1. The van der Waals surface area contributed by atoms with Gasteiger partial charge >= 0.3 is 0 Å². The molecule has 4 fully saturated rings. The Morgan fingerprint density at radius 1 is 0.812 bits per heavy atom. The van der Waals surface area contributed by atoms with Gasteiger partial charge in [0.25, 0.3) is 0 Å². The Bertz CT molecular complexity index is 723. The predicted octanol–water partition coefficient (Wildman–Crippen LogP) is 5.10. The van der Waals surface area contributed by atoms with E-state index in [-0.39, 0.29) is 0 Å². The van der Waals surface area contributed by atoms with Gasteiger partial charge in [-0.2, -0.15) is 0 Å². The zero-order chi connectivity index (χ0) is 22.2. The van der Waals surface area contributed by atoms with Gasteiger partial charge in [0.2, 0.25) is 5.95 Å². The maximum absolute atomic E-state index is 4.90. The molecule has 5 nitrogen and oxygen atoms in total. The molecule has 1 saturated carbocycles. The molecule has 1 aromatic rings. The molecule has 0 amide bonds. The molecule has 4 heterocycles. The summed E-state index contributed by atoms with van der Waals surface area (Å²) in [7, 11) is 0. The van der Waals surface area contributed by atoms with E-state index in [1.165, 1.54) is 70.0 Å². The summed E-state index contributed by atoms with van der Waals surface area (Å²) < 4.78 is 0.830. The maximum atomic E-state index is 4.90. The summed E-state index contributed by atoms with van der Waals surface area (Å²) in [6.45, 7) is 11.9. The normalized spacial score (nSPS) is 33.7. The number of alkyl halides is 1. The third-order valence-electron chi connectivity index (χ3n) is 9.04. The van der Waals surface area contributed by atoms with E-state index in [9.17, 15) is 0 Å². The Hall–Kier alpha value is -0.470. The van der Waals surface area contributed by atoms with Crippen molar-refractivity contribution < 1.29 is 0 Å². The molecule has 3 saturated heterocycles. The molecule has 178 valence electrons. The van der Waals surface area contributed by atoms with Gasteiger partial charge in [0, 0.05) is 53.6 Å². The van der Waals surface area contributed by atoms with Crippen LogP contribution in [0.1, 0.15) is 83.6 Å². The van der Waals surface area contributed by atoms with Crippen LogP contribution in [0.5, 0.6) is 0 Å². The number of likely N-dealkylation sites (tertiary alicyclic amines) is 2. The van der Waals surface area contributed by atoms with Crippen LogP contribution >= 0.6 is 22.6 Å². The smallest absolute Gasteiger partial charge is 0.225 e. The van der Waals surface area contributed by atoms with Crippen molar-refractivity contribution in [1.82, 2.24) is 19.8 Å². The second kappa shape index (κ2) is 10.0. The summed E-state index contributed by atoms with van der Waals surface area (Å²) in [5.74, 6) is 2.56. The van der Waals surface area contributed by atoms with Gasteiger partial charge < -0.3 is 9.80 Å². The molecule has 3 atom stereocenters. The Balaban J connectivity index is 1.14. The molecule has 3 aliphatic heterocycles. The zero-order valence-corrected chi connectivity index (χ0v) is 22.5. The van der Waals surface area contributed by atoms with Crippen molar-refractivity contribution in [2.24, 2.45) is 5.92 Å². The van der Waals surface area contributed by atoms with Crippen molar-refractivity contribution in [3.8, 4) is 0 Å². The number of anilines is 1. The summed E-state index contributed by atoms with van der Waals surface area (Å²) in [4.78, 5) is 17.8. The highest BCUT2D eigenvalue weighted by Crippen LogP contribution is 2.37. The summed E-state index contributed by atoms with van der Waals surface area (Å²) >= 11 is 2.63. The quantitative estimate of drug-likeness (QED) is 0.376.